The minimum atomic E-state index is 0.686. The number of benzene rings is 4. The maximum absolute atomic E-state index is 2.54. The van der Waals surface area contributed by atoms with Gasteiger partial charge in [0.1, 0.15) is 0 Å². The van der Waals surface area contributed by atoms with Crippen LogP contribution in [0.2, 0.25) is 0 Å². The average Bonchev–Trinajstić information content (AvgIpc) is 4.08. The van der Waals surface area contributed by atoms with Crippen molar-refractivity contribution in [3.05, 3.63) is 166 Å². The van der Waals surface area contributed by atoms with Crippen molar-refractivity contribution in [3.63, 3.8) is 0 Å². The highest BCUT2D eigenvalue weighted by atomic mass is 14.6. The second-order valence-corrected chi connectivity index (χ2v) is 21.9. The molecule has 0 amide bonds. The van der Waals surface area contributed by atoms with Gasteiger partial charge in [-0.15, -0.1) is 0 Å². The van der Waals surface area contributed by atoms with Crippen molar-refractivity contribution < 1.29 is 0 Å². The molecule has 0 aliphatic heterocycles. The SMILES string of the molecule is CC1=CC2C3C=C(C)C(C3)C2C1.CC1CC2CC(C1C)C2(C)C.CC1Cc2ccccc2C1.CCC(C)c1ccccc1.CCCc1ccc(CCC)cc1.CCCc1ccccc1. The second-order valence-electron chi connectivity index (χ2n) is 21.9. The van der Waals surface area contributed by atoms with Gasteiger partial charge in [-0.25, -0.2) is 0 Å². The van der Waals surface area contributed by atoms with Gasteiger partial charge in [0.2, 0.25) is 0 Å². The topological polar surface area (TPSA) is 0 Å². The molecule has 4 aromatic rings. The highest BCUT2D eigenvalue weighted by Gasteiger charge is 2.55. The lowest BCUT2D eigenvalue weighted by Gasteiger charge is -2.61. The Morgan fingerprint density at radius 2 is 1.08 bits per heavy atom. The minimum absolute atomic E-state index is 0.686. The molecule has 4 bridgehead atoms. The van der Waals surface area contributed by atoms with E-state index in [1.165, 1.54) is 106 Å². The molecule has 0 N–H and O–H groups in total. The minimum Gasteiger partial charge on any atom is -0.0816 e. The third-order valence-electron chi connectivity index (χ3n) is 16.6. The van der Waals surface area contributed by atoms with E-state index >= 15 is 0 Å². The Hall–Kier alpha value is -3.64. The Morgan fingerprint density at radius 1 is 0.578 bits per heavy atom. The Morgan fingerprint density at radius 3 is 1.55 bits per heavy atom. The second kappa shape index (κ2) is 25.3. The predicted octanol–water partition coefficient (Wildman–Crippen LogP) is 18.3. The van der Waals surface area contributed by atoms with Crippen molar-refractivity contribution in [2.45, 2.75) is 172 Å². The number of rotatable bonds is 8. The maximum atomic E-state index is 2.54. The number of hydrogen-bond acceptors (Lipinski definition) is 0. The average molecular weight is 861 g/mol. The van der Waals surface area contributed by atoms with E-state index in [1.54, 1.807) is 22.3 Å². The highest BCUT2D eigenvalue weighted by molar-refractivity contribution is 5.32. The van der Waals surface area contributed by atoms with Crippen molar-refractivity contribution in [1.82, 2.24) is 0 Å². The van der Waals surface area contributed by atoms with E-state index in [4.69, 9.17) is 0 Å². The first kappa shape index (κ1) is 51.3. The molecule has 0 aromatic heterocycles. The fourth-order valence-corrected chi connectivity index (χ4v) is 12.3. The van der Waals surface area contributed by atoms with Crippen molar-refractivity contribution in [3.8, 4) is 0 Å². The van der Waals surface area contributed by atoms with Gasteiger partial charge < -0.3 is 0 Å². The van der Waals surface area contributed by atoms with Crippen LogP contribution in [0.1, 0.15) is 174 Å². The van der Waals surface area contributed by atoms with Crippen molar-refractivity contribution in [2.75, 3.05) is 0 Å². The smallest absolute Gasteiger partial charge is 0.0130 e. The fraction of sp³-hybridized carbons (Fsp3) is 0.562. The lowest BCUT2D eigenvalue weighted by atomic mass is 9.44. The van der Waals surface area contributed by atoms with E-state index in [-0.39, 0.29) is 0 Å². The van der Waals surface area contributed by atoms with Crippen LogP contribution in [0.25, 0.3) is 0 Å². The zero-order chi connectivity index (χ0) is 46.2. The molecule has 9 unspecified atom stereocenters. The molecule has 64 heavy (non-hydrogen) atoms. The number of fused-ring (bicyclic) bond motifs is 8. The van der Waals surface area contributed by atoms with Gasteiger partial charge in [-0.3, -0.25) is 0 Å². The molecule has 4 saturated carbocycles. The normalized spacial score (nSPS) is 26.4. The van der Waals surface area contributed by atoms with Crippen LogP contribution in [-0.4, -0.2) is 0 Å². The summed E-state index contributed by atoms with van der Waals surface area (Å²) >= 11 is 0. The van der Waals surface area contributed by atoms with Gasteiger partial charge in [-0.1, -0.05) is 221 Å². The van der Waals surface area contributed by atoms with Crippen LogP contribution in [0.15, 0.2) is 132 Å². The quantitative estimate of drug-likeness (QED) is 0.155. The predicted molar refractivity (Wildman–Crippen MR) is 282 cm³/mol. The molecule has 0 heteroatoms. The maximum Gasteiger partial charge on any atom is -0.0130 e. The van der Waals surface area contributed by atoms with Crippen LogP contribution < -0.4 is 0 Å². The van der Waals surface area contributed by atoms with E-state index in [1.807, 2.05) is 0 Å². The first-order valence-corrected chi connectivity index (χ1v) is 26.4. The summed E-state index contributed by atoms with van der Waals surface area (Å²) in [6, 6.07) is 39.0. The first-order chi connectivity index (χ1) is 30.8. The van der Waals surface area contributed by atoms with Gasteiger partial charge in [-0.05, 0) is 176 Å². The van der Waals surface area contributed by atoms with Gasteiger partial charge in [-0.2, -0.15) is 0 Å². The van der Waals surface area contributed by atoms with Gasteiger partial charge >= 0.3 is 0 Å². The Bertz CT molecular complexity index is 1930. The van der Waals surface area contributed by atoms with Crippen LogP contribution in [0, 0.1) is 58.7 Å². The number of allylic oxidation sites excluding steroid dienone is 4. The summed E-state index contributed by atoms with van der Waals surface area (Å²) in [5, 5.41) is 0. The lowest BCUT2D eigenvalue weighted by molar-refractivity contribution is -0.124. The summed E-state index contributed by atoms with van der Waals surface area (Å²) in [4.78, 5) is 0. The van der Waals surface area contributed by atoms with Crippen LogP contribution >= 0.6 is 0 Å². The molecule has 0 radical (unpaired) electrons. The molecule has 0 heterocycles. The monoisotopic (exact) mass is 861 g/mol. The van der Waals surface area contributed by atoms with Crippen molar-refractivity contribution in [1.29, 1.82) is 0 Å². The van der Waals surface area contributed by atoms with Gasteiger partial charge in [0.05, 0.1) is 0 Å². The summed E-state index contributed by atoms with van der Waals surface area (Å²) in [5.41, 5.74) is 13.0. The van der Waals surface area contributed by atoms with Crippen LogP contribution in [0.3, 0.4) is 0 Å². The molecule has 9 atom stereocenters. The van der Waals surface area contributed by atoms with Crippen molar-refractivity contribution in [2.24, 2.45) is 58.7 Å². The van der Waals surface area contributed by atoms with Crippen LogP contribution in [0.4, 0.5) is 0 Å². The van der Waals surface area contributed by atoms with Crippen molar-refractivity contribution >= 4 is 0 Å². The lowest BCUT2D eigenvalue weighted by Crippen LogP contribution is -2.54. The number of aryl methyl sites for hydroxylation is 3. The van der Waals surface area contributed by atoms with Gasteiger partial charge in [0.25, 0.3) is 0 Å². The molecule has 0 saturated heterocycles. The third-order valence-corrected chi connectivity index (χ3v) is 16.6. The summed E-state index contributed by atoms with van der Waals surface area (Å²) in [6.45, 7) is 27.9. The van der Waals surface area contributed by atoms with E-state index in [0.29, 0.717) is 11.3 Å². The Labute approximate surface area is 395 Å². The zero-order valence-corrected chi connectivity index (χ0v) is 43.0. The summed E-state index contributed by atoms with van der Waals surface area (Å²) in [5.74, 6) is 9.44. The molecule has 11 rings (SSSR count). The molecular weight excluding hydrogens is 769 g/mol. The molecule has 7 aliphatic rings. The fourth-order valence-electron chi connectivity index (χ4n) is 12.3. The molecule has 0 nitrogen and oxygen atoms in total. The van der Waals surface area contributed by atoms with E-state index in [2.05, 4.69) is 204 Å². The number of hydrogen-bond donors (Lipinski definition) is 0. The molecular formula is C64H92. The molecule has 348 valence electrons. The zero-order valence-electron chi connectivity index (χ0n) is 43.0. The van der Waals surface area contributed by atoms with Crippen LogP contribution in [0.5, 0.6) is 0 Å². The molecule has 7 aliphatic carbocycles. The summed E-state index contributed by atoms with van der Waals surface area (Å²) in [6.07, 6.45) is 22.1. The molecule has 0 spiro atoms. The molecule has 4 fully saturated rings. The highest BCUT2D eigenvalue weighted by Crippen LogP contribution is 2.62. The standard InChI is InChI=1S/C12H16.C12H18.C11H20.C10H12.C10H14.C9H12/c1-7-3-11-9-5-8(2)10(6-9)12(11)4-7;1-3-5-11-7-9-12(6-4-2)10-8-11;1-7-5-9-6-10(8(7)2)11(9,3)4;1-8-6-9-4-2-3-5-10(9)7-8;1-3-9(2)10-7-5-4-6-8-10;1-2-6-9-7-4-3-5-8-9/h3,5,9-12H,4,6H2,1-2H3;7-10H,3-6H2,1-2H3;7-10H,5-6H2,1-4H3;2-5,8H,6-7H2,1H3;4-9H,3H2,1-2H3;3-5,7-8H,2,6H2,1H3. The van der Waals surface area contributed by atoms with E-state index in [0.717, 1.165) is 53.3 Å². The van der Waals surface area contributed by atoms with E-state index in [9.17, 15) is 0 Å². The molecule has 4 aromatic carbocycles. The third kappa shape index (κ3) is 14.2. The van der Waals surface area contributed by atoms with Crippen LogP contribution in [-0.2, 0) is 32.1 Å². The largest absolute Gasteiger partial charge is 0.0816 e. The first-order valence-electron chi connectivity index (χ1n) is 26.4. The summed E-state index contributed by atoms with van der Waals surface area (Å²) < 4.78 is 0. The Kier molecular flexibility index (Phi) is 20.3. The van der Waals surface area contributed by atoms with Gasteiger partial charge in [0, 0.05) is 0 Å². The Balaban J connectivity index is 0.000000145. The van der Waals surface area contributed by atoms with E-state index < -0.39 is 0 Å². The van der Waals surface area contributed by atoms with Gasteiger partial charge in [0.15, 0.2) is 0 Å². The summed E-state index contributed by atoms with van der Waals surface area (Å²) in [7, 11) is 0.